The van der Waals surface area contributed by atoms with E-state index in [1.165, 1.54) is 16.8 Å². The van der Waals surface area contributed by atoms with Crippen LogP contribution in [0.4, 0.5) is 0 Å². The summed E-state index contributed by atoms with van der Waals surface area (Å²) in [6.45, 7) is 17.6. The summed E-state index contributed by atoms with van der Waals surface area (Å²) in [5.74, 6) is 8.38. The van der Waals surface area contributed by atoms with E-state index in [1.807, 2.05) is 32.7 Å². The van der Waals surface area contributed by atoms with Gasteiger partial charge in [0.25, 0.3) is 8.32 Å². The molecule has 1 fully saturated rings. The third-order valence-electron chi connectivity index (χ3n) is 8.41. The standard InChI is InChI=1S/C38H56N2O4Si/c1-29(2)25-31-26-30(27-31)21-22-34(39-42-10)35(40(9)28-36(41)44-37(3,4)5)23-24-43-45(38(6,7)8,32-17-13-11-14-18-32)33-19-15-12-16-20-33/h11-20,29-31,35H,23-28H2,1-10H3/b39-34+. The Kier molecular flexibility index (Phi) is 13.0. The monoisotopic (exact) mass is 632 g/mol. The van der Waals surface area contributed by atoms with E-state index in [0.29, 0.717) is 30.6 Å². The van der Waals surface area contributed by atoms with Crippen molar-refractivity contribution in [1.29, 1.82) is 0 Å². The summed E-state index contributed by atoms with van der Waals surface area (Å²) in [4.78, 5) is 20.2. The van der Waals surface area contributed by atoms with E-state index in [1.54, 1.807) is 7.11 Å². The van der Waals surface area contributed by atoms with Gasteiger partial charge in [-0.3, -0.25) is 9.69 Å². The highest BCUT2D eigenvalue weighted by Gasteiger charge is 2.50. The lowest BCUT2D eigenvalue weighted by Gasteiger charge is -2.43. The number of esters is 1. The Hall–Kier alpha value is -2.92. The van der Waals surface area contributed by atoms with Gasteiger partial charge in [0.1, 0.15) is 18.4 Å². The zero-order valence-corrected chi connectivity index (χ0v) is 30.4. The van der Waals surface area contributed by atoms with Crippen molar-refractivity contribution in [1.82, 2.24) is 4.90 Å². The Morgan fingerprint density at radius 3 is 2.00 bits per heavy atom. The van der Waals surface area contributed by atoms with Crippen molar-refractivity contribution in [3.63, 3.8) is 0 Å². The van der Waals surface area contributed by atoms with Gasteiger partial charge in [-0.15, -0.1) is 0 Å². The first-order valence-electron chi connectivity index (χ1n) is 16.5. The van der Waals surface area contributed by atoms with Gasteiger partial charge in [0, 0.05) is 12.5 Å². The second-order valence-electron chi connectivity index (χ2n) is 14.9. The second-order valence-corrected chi connectivity index (χ2v) is 19.2. The molecule has 0 heterocycles. The number of oxime groups is 1. The highest BCUT2D eigenvalue weighted by atomic mass is 28.4. The lowest BCUT2D eigenvalue weighted by atomic mass is 9.72. The molecule has 1 aliphatic carbocycles. The lowest BCUT2D eigenvalue weighted by molar-refractivity contribution is -0.156. The maximum atomic E-state index is 12.9. The summed E-state index contributed by atoms with van der Waals surface area (Å²) in [6, 6.07) is 21.0. The molecule has 1 aliphatic rings. The molecule has 1 atom stereocenters. The summed E-state index contributed by atoms with van der Waals surface area (Å²) >= 11 is 0. The summed E-state index contributed by atoms with van der Waals surface area (Å²) in [5, 5.41) is 6.73. The van der Waals surface area contributed by atoms with Crippen LogP contribution in [0.1, 0.15) is 81.1 Å². The summed E-state index contributed by atoms with van der Waals surface area (Å²) in [7, 11) is 0.732. The molecule has 1 unspecified atom stereocenters. The van der Waals surface area contributed by atoms with Crippen LogP contribution in [0.15, 0.2) is 65.8 Å². The van der Waals surface area contributed by atoms with E-state index in [4.69, 9.17) is 14.0 Å². The number of ether oxygens (including phenoxy) is 1. The van der Waals surface area contributed by atoms with Crippen LogP contribution in [0.2, 0.25) is 5.04 Å². The molecule has 7 heteroatoms. The van der Waals surface area contributed by atoms with Crippen LogP contribution >= 0.6 is 0 Å². The van der Waals surface area contributed by atoms with Crippen LogP contribution in [-0.2, 0) is 18.8 Å². The second kappa shape index (κ2) is 16.1. The number of likely N-dealkylation sites (N-methyl/N-ethyl adjacent to an activating group) is 1. The van der Waals surface area contributed by atoms with Crippen molar-refractivity contribution in [2.75, 3.05) is 27.3 Å². The molecule has 0 spiro atoms. The van der Waals surface area contributed by atoms with E-state index < -0.39 is 13.9 Å². The van der Waals surface area contributed by atoms with Crippen molar-refractivity contribution in [2.24, 2.45) is 22.9 Å². The van der Waals surface area contributed by atoms with Gasteiger partial charge in [-0.2, -0.15) is 0 Å². The minimum absolute atomic E-state index is 0.103. The number of carbonyl (C=O) groups is 1. The van der Waals surface area contributed by atoms with Gasteiger partial charge < -0.3 is 14.0 Å². The third kappa shape index (κ3) is 10.3. The Balaban J connectivity index is 1.93. The Bertz CT molecular complexity index is 1260. The van der Waals surface area contributed by atoms with Crippen molar-refractivity contribution < 1.29 is 18.8 Å². The quantitative estimate of drug-likeness (QED) is 0.0812. The van der Waals surface area contributed by atoms with Gasteiger partial charge >= 0.3 is 5.97 Å². The molecule has 0 aliphatic heterocycles. The number of hydrogen-bond donors (Lipinski definition) is 0. The van der Waals surface area contributed by atoms with Gasteiger partial charge in [0.2, 0.25) is 0 Å². The molecule has 6 nitrogen and oxygen atoms in total. The molecule has 0 aromatic heterocycles. The van der Waals surface area contributed by atoms with E-state index >= 15 is 0 Å². The smallest absolute Gasteiger partial charge is 0.320 e. The topological polar surface area (TPSA) is 60.4 Å². The SMILES string of the molecule is CO/N=C(\C#CC1CC(CC(C)C)C1)C(CCO[Si](c1ccccc1)(c1ccccc1)C(C)(C)C)N(C)CC(=O)OC(C)(C)C. The summed E-state index contributed by atoms with van der Waals surface area (Å²) < 4.78 is 12.9. The fraction of sp³-hybridized carbons (Fsp3) is 0.579. The molecular weight excluding hydrogens is 577 g/mol. The zero-order valence-electron chi connectivity index (χ0n) is 29.4. The lowest BCUT2D eigenvalue weighted by Crippen LogP contribution is -2.66. The first-order valence-corrected chi connectivity index (χ1v) is 18.4. The third-order valence-corrected chi connectivity index (χ3v) is 13.4. The summed E-state index contributed by atoms with van der Waals surface area (Å²) in [6.07, 6.45) is 4.08. The Morgan fingerprint density at radius 2 is 1.53 bits per heavy atom. The fourth-order valence-corrected chi connectivity index (χ4v) is 11.1. The minimum Gasteiger partial charge on any atom is -0.459 e. The normalized spacial score (nSPS) is 18.2. The van der Waals surface area contributed by atoms with Crippen LogP contribution in [0.5, 0.6) is 0 Å². The zero-order chi connectivity index (χ0) is 33.3. The molecule has 0 N–H and O–H groups in total. The van der Waals surface area contributed by atoms with E-state index in [9.17, 15) is 4.79 Å². The molecule has 0 radical (unpaired) electrons. The van der Waals surface area contributed by atoms with Crippen LogP contribution in [0.25, 0.3) is 0 Å². The van der Waals surface area contributed by atoms with Gasteiger partial charge in [0.05, 0.1) is 12.6 Å². The predicted octanol–water partition coefficient (Wildman–Crippen LogP) is 6.67. The number of rotatable bonds is 13. The number of hydrogen-bond acceptors (Lipinski definition) is 6. The van der Waals surface area contributed by atoms with Gasteiger partial charge in [-0.1, -0.05) is 106 Å². The maximum absolute atomic E-state index is 12.9. The molecule has 246 valence electrons. The highest BCUT2D eigenvalue weighted by molar-refractivity contribution is 6.99. The molecule has 0 saturated heterocycles. The van der Waals surface area contributed by atoms with Crippen molar-refractivity contribution in [3.05, 3.63) is 60.7 Å². The molecular formula is C38H56N2O4Si. The van der Waals surface area contributed by atoms with E-state index in [-0.39, 0.29) is 23.6 Å². The minimum atomic E-state index is -2.74. The molecule has 45 heavy (non-hydrogen) atoms. The number of carbonyl (C=O) groups excluding carboxylic acids is 1. The summed E-state index contributed by atoms with van der Waals surface area (Å²) in [5.41, 5.74) is 0.0433. The molecule has 1 saturated carbocycles. The first kappa shape index (κ1) is 36.5. The number of nitrogens with zero attached hydrogens (tertiary/aromatic N) is 2. The predicted molar refractivity (Wildman–Crippen MR) is 188 cm³/mol. The average molecular weight is 633 g/mol. The van der Waals surface area contributed by atoms with Crippen LogP contribution in [0.3, 0.4) is 0 Å². The number of benzene rings is 2. The largest absolute Gasteiger partial charge is 0.459 e. The molecule has 0 bridgehead atoms. The molecule has 2 aromatic carbocycles. The Morgan fingerprint density at radius 1 is 0.978 bits per heavy atom. The van der Waals surface area contributed by atoms with Gasteiger partial charge in [0.15, 0.2) is 0 Å². The first-order chi connectivity index (χ1) is 21.2. The van der Waals surface area contributed by atoms with E-state index in [0.717, 1.165) is 18.8 Å². The van der Waals surface area contributed by atoms with E-state index in [2.05, 4.69) is 112 Å². The van der Waals surface area contributed by atoms with Crippen LogP contribution < -0.4 is 10.4 Å². The molecule has 0 amide bonds. The molecule has 3 rings (SSSR count). The van der Waals surface area contributed by atoms with Gasteiger partial charge in [-0.05, 0) is 86.7 Å². The average Bonchev–Trinajstić information content (AvgIpc) is 2.93. The Labute approximate surface area is 274 Å². The van der Waals surface area contributed by atoms with Crippen molar-refractivity contribution in [2.45, 2.75) is 97.8 Å². The molecule has 2 aromatic rings. The van der Waals surface area contributed by atoms with Crippen molar-refractivity contribution >= 4 is 30.4 Å². The fourth-order valence-electron chi connectivity index (χ4n) is 6.49. The van der Waals surface area contributed by atoms with Crippen LogP contribution in [0, 0.1) is 29.6 Å². The van der Waals surface area contributed by atoms with Crippen LogP contribution in [-0.4, -0.2) is 63.9 Å². The van der Waals surface area contributed by atoms with Gasteiger partial charge in [-0.25, -0.2) is 0 Å². The maximum Gasteiger partial charge on any atom is 0.320 e. The van der Waals surface area contributed by atoms with Crippen molar-refractivity contribution in [3.8, 4) is 11.8 Å². The highest BCUT2D eigenvalue weighted by Crippen LogP contribution is 2.38.